The van der Waals surface area contributed by atoms with Crippen LogP contribution in [-0.2, 0) is 4.74 Å². The normalized spacial score (nSPS) is 13.8. The van der Waals surface area contributed by atoms with E-state index >= 15 is 0 Å². The minimum absolute atomic E-state index is 0.225. The van der Waals surface area contributed by atoms with Crippen molar-refractivity contribution in [1.29, 1.82) is 0 Å². The molecule has 1 aliphatic heterocycles. The van der Waals surface area contributed by atoms with E-state index in [1.54, 1.807) is 24.3 Å². The first-order valence-corrected chi connectivity index (χ1v) is 10.7. The Hall–Kier alpha value is -3.10. The highest BCUT2D eigenvalue weighted by Crippen LogP contribution is 2.22. The Balaban J connectivity index is 1.69. The fourth-order valence-corrected chi connectivity index (χ4v) is 3.02. The van der Waals surface area contributed by atoms with Crippen LogP contribution in [-0.4, -0.2) is 67.1 Å². The fraction of sp³-hybridized carbons (Fsp3) is 0.545. The minimum atomic E-state index is -0.527. The van der Waals surface area contributed by atoms with Gasteiger partial charge in [-0.2, -0.15) is 0 Å². The number of nitrogens with one attached hydrogen (secondary N) is 3. The van der Waals surface area contributed by atoms with E-state index in [4.69, 9.17) is 4.74 Å². The predicted molar refractivity (Wildman–Crippen MR) is 119 cm³/mol. The zero-order chi connectivity index (χ0) is 22.9. The number of guanidine groups is 1. The Kier molecular flexibility index (Phi) is 8.84. The second-order valence-corrected chi connectivity index (χ2v) is 8.13. The Labute approximate surface area is 183 Å². The second kappa shape index (κ2) is 11.3. The largest absolute Gasteiger partial charge is 0.444 e. The summed E-state index contributed by atoms with van der Waals surface area (Å²) in [6.45, 7) is 9.96. The number of carbonyl (C=O) groups is 3. The zero-order valence-corrected chi connectivity index (χ0v) is 18.8. The molecular formula is C22H33N5O4. The van der Waals surface area contributed by atoms with Crippen LogP contribution in [0.3, 0.4) is 0 Å². The summed E-state index contributed by atoms with van der Waals surface area (Å²) in [6, 6.07) is 6.90. The van der Waals surface area contributed by atoms with Crippen LogP contribution in [0, 0.1) is 0 Å². The smallest absolute Gasteiger partial charge is 0.407 e. The number of aliphatic imine (C=N–C) groups is 1. The number of imide groups is 1. The SMILES string of the molecule is CCNC(=NCCCCN1C(=O)c2ccccc2C1=O)NCCNC(=O)OC(C)(C)C. The van der Waals surface area contributed by atoms with Crippen molar-refractivity contribution in [2.45, 2.75) is 46.1 Å². The average molecular weight is 432 g/mol. The van der Waals surface area contributed by atoms with Crippen LogP contribution in [0.4, 0.5) is 4.79 Å². The van der Waals surface area contributed by atoms with Crippen molar-refractivity contribution in [2.24, 2.45) is 4.99 Å². The number of unbranched alkanes of at least 4 members (excludes halogenated alkanes) is 1. The van der Waals surface area contributed by atoms with Crippen LogP contribution in [0.1, 0.15) is 61.3 Å². The molecule has 3 N–H and O–H groups in total. The lowest BCUT2D eigenvalue weighted by Crippen LogP contribution is -2.42. The van der Waals surface area contributed by atoms with Gasteiger partial charge in [-0.25, -0.2) is 4.79 Å². The molecule has 31 heavy (non-hydrogen) atoms. The molecular weight excluding hydrogens is 398 g/mol. The van der Waals surface area contributed by atoms with E-state index in [9.17, 15) is 14.4 Å². The van der Waals surface area contributed by atoms with E-state index in [2.05, 4.69) is 20.9 Å². The summed E-state index contributed by atoms with van der Waals surface area (Å²) in [5, 5.41) is 8.97. The first-order chi connectivity index (χ1) is 14.7. The number of carbonyl (C=O) groups excluding carboxylic acids is 3. The van der Waals surface area contributed by atoms with Crippen LogP contribution in [0.2, 0.25) is 0 Å². The lowest BCUT2D eigenvalue weighted by Gasteiger charge is -2.20. The highest BCUT2D eigenvalue weighted by atomic mass is 16.6. The third kappa shape index (κ3) is 7.58. The molecule has 1 heterocycles. The maximum Gasteiger partial charge on any atom is 0.407 e. The zero-order valence-electron chi connectivity index (χ0n) is 18.8. The molecule has 170 valence electrons. The molecule has 0 atom stereocenters. The van der Waals surface area contributed by atoms with Crippen LogP contribution in [0.15, 0.2) is 29.3 Å². The minimum Gasteiger partial charge on any atom is -0.444 e. The summed E-state index contributed by atoms with van der Waals surface area (Å²) >= 11 is 0. The van der Waals surface area contributed by atoms with Gasteiger partial charge in [-0.1, -0.05) is 12.1 Å². The number of rotatable bonds is 9. The Morgan fingerprint density at radius 2 is 1.61 bits per heavy atom. The van der Waals surface area contributed by atoms with E-state index in [1.807, 2.05) is 27.7 Å². The number of ether oxygens (including phenoxy) is 1. The van der Waals surface area contributed by atoms with Gasteiger partial charge in [-0.15, -0.1) is 0 Å². The molecule has 3 amide bonds. The molecule has 0 bridgehead atoms. The van der Waals surface area contributed by atoms with Crippen molar-refractivity contribution in [1.82, 2.24) is 20.9 Å². The summed E-state index contributed by atoms with van der Waals surface area (Å²) in [5.74, 6) is 0.197. The maximum atomic E-state index is 12.4. The number of benzene rings is 1. The summed E-state index contributed by atoms with van der Waals surface area (Å²) in [7, 11) is 0. The molecule has 0 unspecified atom stereocenters. The molecule has 0 saturated carbocycles. The topological polar surface area (TPSA) is 112 Å². The van der Waals surface area contributed by atoms with E-state index < -0.39 is 11.7 Å². The van der Waals surface area contributed by atoms with Crippen molar-refractivity contribution >= 4 is 23.9 Å². The molecule has 0 spiro atoms. The molecule has 1 aromatic rings. The maximum absolute atomic E-state index is 12.4. The highest BCUT2D eigenvalue weighted by Gasteiger charge is 2.34. The Morgan fingerprint density at radius 3 is 2.19 bits per heavy atom. The molecule has 0 saturated heterocycles. The quantitative estimate of drug-likeness (QED) is 0.239. The third-order valence-electron chi connectivity index (χ3n) is 4.37. The van der Waals surface area contributed by atoms with Gasteiger partial charge in [0.15, 0.2) is 5.96 Å². The number of hydrogen-bond acceptors (Lipinski definition) is 5. The lowest BCUT2D eigenvalue weighted by atomic mass is 10.1. The van der Waals surface area contributed by atoms with E-state index in [0.29, 0.717) is 56.2 Å². The Morgan fingerprint density at radius 1 is 1.00 bits per heavy atom. The lowest BCUT2D eigenvalue weighted by molar-refractivity contribution is 0.0527. The van der Waals surface area contributed by atoms with Gasteiger partial charge < -0.3 is 20.7 Å². The second-order valence-electron chi connectivity index (χ2n) is 8.13. The van der Waals surface area contributed by atoms with Crippen LogP contribution < -0.4 is 16.0 Å². The van der Waals surface area contributed by atoms with E-state index in [-0.39, 0.29) is 11.8 Å². The number of amides is 3. The van der Waals surface area contributed by atoms with Crippen LogP contribution in [0.5, 0.6) is 0 Å². The van der Waals surface area contributed by atoms with Gasteiger partial charge in [0.2, 0.25) is 0 Å². The molecule has 0 aliphatic carbocycles. The molecule has 1 aromatic carbocycles. The van der Waals surface area contributed by atoms with Crippen molar-refractivity contribution in [2.75, 3.05) is 32.7 Å². The molecule has 1 aliphatic rings. The monoisotopic (exact) mass is 431 g/mol. The number of alkyl carbamates (subject to hydrolysis) is 1. The van der Waals surface area contributed by atoms with Gasteiger partial charge in [0.25, 0.3) is 11.8 Å². The van der Waals surface area contributed by atoms with E-state index in [1.165, 1.54) is 4.90 Å². The van der Waals surface area contributed by atoms with Gasteiger partial charge in [-0.05, 0) is 52.7 Å². The molecule has 2 rings (SSSR count). The standard InChI is InChI=1S/C22H33N5O4/c1-5-23-20(25-13-14-26-21(30)31-22(2,3)4)24-12-8-9-15-27-18(28)16-10-6-7-11-17(16)19(27)29/h6-7,10-11H,5,8-9,12-15H2,1-4H3,(H,26,30)(H2,23,24,25). The molecule has 0 radical (unpaired) electrons. The summed E-state index contributed by atoms with van der Waals surface area (Å²) in [4.78, 5) is 42.1. The number of hydrogen-bond donors (Lipinski definition) is 3. The van der Waals surface area contributed by atoms with Crippen molar-refractivity contribution in [3.05, 3.63) is 35.4 Å². The fourth-order valence-electron chi connectivity index (χ4n) is 3.02. The van der Waals surface area contributed by atoms with Crippen LogP contribution >= 0.6 is 0 Å². The first-order valence-electron chi connectivity index (χ1n) is 10.7. The summed E-state index contributed by atoms with van der Waals surface area (Å²) < 4.78 is 5.19. The Bertz CT molecular complexity index is 781. The number of nitrogens with zero attached hydrogens (tertiary/aromatic N) is 2. The van der Waals surface area contributed by atoms with Gasteiger partial charge in [-0.3, -0.25) is 19.5 Å². The van der Waals surface area contributed by atoms with Gasteiger partial charge >= 0.3 is 6.09 Å². The number of fused-ring (bicyclic) bond motifs is 1. The molecule has 9 heteroatoms. The van der Waals surface area contributed by atoms with Gasteiger partial charge in [0, 0.05) is 32.7 Å². The van der Waals surface area contributed by atoms with Crippen molar-refractivity contribution in [3.8, 4) is 0 Å². The van der Waals surface area contributed by atoms with E-state index in [0.717, 1.165) is 6.42 Å². The average Bonchev–Trinajstić information content (AvgIpc) is 2.94. The van der Waals surface area contributed by atoms with Crippen molar-refractivity contribution in [3.63, 3.8) is 0 Å². The molecule has 9 nitrogen and oxygen atoms in total. The van der Waals surface area contributed by atoms with Crippen LogP contribution in [0.25, 0.3) is 0 Å². The first kappa shape index (κ1) is 24.2. The van der Waals surface area contributed by atoms with Gasteiger partial charge in [0.1, 0.15) is 5.60 Å². The molecule has 0 fully saturated rings. The predicted octanol–water partition coefficient (Wildman–Crippen LogP) is 2.14. The highest BCUT2D eigenvalue weighted by molar-refractivity contribution is 6.21. The summed E-state index contributed by atoms with van der Waals surface area (Å²) in [5.41, 5.74) is 0.425. The van der Waals surface area contributed by atoms with Crippen molar-refractivity contribution < 1.29 is 19.1 Å². The van der Waals surface area contributed by atoms with Gasteiger partial charge in [0.05, 0.1) is 11.1 Å². The third-order valence-corrected chi connectivity index (χ3v) is 4.37. The molecule has 0 aromatic heterocycles. The summed E-state index contributed by atoms with van der Waals surface area (Å²) in [6.07, 6.45) is 0.957.